The van der Waals surface area contributed by atoms with E-state index in [0.717, 1.165) is 36.2 Å². The third-order valence-electron chi connectivity index (χ3n) is 8.10. The van der Waals surface area contributed by atoms with Gasteiger partial charge in [0.15, 0.2) is 5.69 Å². The van der Waals surface area contributed by atoms with Crippen LogP contribution >= 0.6 is 23.5 Å². The molecule has 4 atom stereocenters. The number of hydrogen-bond acceptors (Lipinski definition) is 8. The number of halogens is 1. The number of piperidine rings is 1. The van der Waals surface area contributed by atoms with Gasteiger partial charge < -0.3 is 10.2 Å². The van der Waals surface area contributed by atoms with Gasteiger partial charge in [0.05, 0.1) is 22.6 Å². The second kappa shape index (κ2) is 10.4. The lowest BCUT2D eigenvalue weighted by atomic mass is 9.95. The molecule has 4 unspecified atom stereocenters. The van der Waals surface area contributed by atoms with Crippen LogP contribution in [0.2, 0.25) is 5.15 Å². The third-order valence-corrected chi connectivity index (χ3v) is 8.70. The number of anilines is 2. The third kappa shape index (κ3) is 4.60. The number of nitrogens with zero attached hydrogens (tertiary/aromatic N) is 5. The quantitative estimate of drug-likeness (QED) is 0.215. The normalized spacial score (nSPS) is 20.7. The van der Waals surface area contributed by atoms with Gasteiger partial charge in [0.1, 0.15) is 5.15 Å². The van der Waals surface area contributed by atoms with Crippen molar-refractivity contribution < 1.29 is 4.79 Å². The molecule has 0 spiro atoms. The molecule has 1 saturated heterocycles. The van der Waals surface area contributed by atoms with E-state index < -0.39 is 0 Å². The minimum absolute atomic E-state index is 0.0776. The van der Waals surface area contributed by atoms with E-state index in [2.05, 4.69) is 30.1 Å². The summed E-state index contributed by atoms with van der Waals surface area (Å²) in [6, 6.07) is 9.35. The van der Waals surface area contributed by atoms with Gasteiger partial charge in [-0.3, -0.25) is 24.0 Å². The Kier molecular flexibility index (Phi) is 6.95. The molecular formula is C28H31ClN8O2S. The zero-order valence-corrected chi connectivity index (χ0v) is 24.3. The van der Waals surface area contributed by atoms with Crippen LogP contribution in [0, 0.1) is 12.8 Å². The number of aryl methyl sites for hydroxylation is 1. The van der Waals surface area contributed by atoms with Gasteiger partial charge in [0.25, 0.3) is 11.5 Å². The highest BCUT2D eigenvalue weighted by atomic mass is 35.5. The predicted molar refractivity (Wildman–Crippen MR) is 159 cm³/mol. The molecule has 0 radical (unpaired) electrons. The van der Waals surface area contributed by atoms with Crippen LogP contribution in [0.15, 0.2) is 41.3 Å². The Morgan fingerprint density at radius 3 is 2.77 bits per heavy atom. The van der Waals surface area contributed by atoms with E-state index in [1.54, 1.807) is 36.2 Å². The van der Waals surface area contributed by atoms with Crippen molar-refractivity contribution in [2.75, 3.05) is 23.0 Å². The molecule has 1 aromatic carbocycles. The maximum absolute atomic E-state index is 13.7. The molecular weight excluding hydrogens is 548 g/mol. The lowest BCUT2D eigenvalue weighted by molar-refractivity contribution is 0.0980. The lowest BCUT2D eigenvalue weighted by Crippen LogP contribution is -2.41. The van der Waals surface area contributed by atoms with Crippen molar-refractivity contribution in [2.45, 2.75) is 44.7 Å². The number of hydrogen-bond donors (Lipinski definition) is 3. The topological polar surface area (TPSA) is 121 Å². The number of carbonyl (C=O) groups excluding carboxylic acids is 1. The molecule has 10 nitrogen and oxygen atoms in total. The highest BCUT2D eigenvalue weighted by molar-refractivity contribution is 7.97. The Balaban J connectivity index is 1.41. The summed E-state index contributed by atoms with van der Waals surface area (Å²) in [5.74, 6) is 1.21. The van der Waals surface area contributed by atoms with E-state index in [9.17, 15) is 9.59 Å². The number of aromatic nitrogens is 5. The van der Waals surface area contributed by atoms with Crippen molar-refractivity contribution >= 4 is 52.0 Å². The smallest absolute Gasteiger partial charge is 0.281 e. The number of carbonyl (C=O) groups is 1. The lowest BCUT2D eigenvalue weighted by Gasteiger charge is -2.34. The van der Waals surface area contributed by atoms with Crippen molar-refractivity contribution in [3.8, 4) is 0 Å². The maximum Gasteiger partial charge on any atom is 0.281 e. The number of amides is 1. The van der Waals surface area contributed by atoms with Crippen LogP contribution in [0.3, 0.4) is 0 Å². The molecule has 2 fully saturated rings. The number of pyridine rings is 1. The van der Waals surface area contributed by atoms with Crippen molar-refractivity contribution in [3.05, 3.63) is 74.6 Å². The van der Waals surface area contributed by atoms with Gasteiger partial charge in [-0.05, 0) is 62.4 Å². The van der Waals surface area contributed by atoms with Gasteiger partial charge in [-0.1, -0.05) is 29.6 Å². The van der Waals surface area contributed by atoms with E-state index in [-0.39, 0.29) is 34.4 Å². The molecule has 40 heavy (non-hydrogen) atoms. The second-order valence-corrected chi connectivity index (χ2v) is 11.7. The fourth-order valence-electron chi connectivity index (χ4n) is 6.37. The highest BCUT2D eigenvalue weighted by Gasteiger charge is 2.47. The molecule has 1 aliphatic carbocycles. The van der Waals surface area contributed by atoms with Crippen molar-refractivity contribution in [1.29, 1.82) is 0 Å². The van der Waals surface area contributed by atoms with Gasteiger partial charge in [-0.2, -0.15) is 5.10 Å². The molecule has 208 valence electrons. The molecule has 2 aliphatic rings. The van der Waals surface area contributed by atoms with Crippen LogP contribution in [0.1, 0.15) is 59.0 Å². The minimum atomic E-state index is -0.344. The summed E-state index contributed by atoms with van der Waals surface area (Å²) >= 11 is 7.30. The van der Waals surface area contributed by atoms with E-state index in [4.69, 9.17) is 16.6 Å². The molecule has 1 aliphatic heterocycles. The van der Waals surface area contributed by atoms with Crippen LogP contribution in [-0.4, -0.2) is 49.5 Å². The van der Waals surface area contributed by atoms with E-state index in [1.165, 1.54) is 11.9 Å². The average molecular weight is 579 g/mol. The number of aromatic amines is 1. The summed E-state index contributed by atoms with van der Waals surface area (Å²) in [7, 11) is 1.81. The largest absolute Gasteiger partial charge is 0.377 e. The standard InChI is InChI=1S/C28H31ClN8O2S/c1-14-9-17(15(2)31-21-5-6-23(29)32-25(21)26(38)35-40-4)24-19(10-14)27(39)36(3)28(33-24)37-13-16-11-18(22(37)12-16)20-7-8-30-34-20/h5-10,15-16,18,22,31H,11-13H2,1-4H3,(H,30,34)(H,35,38). The van der Waals surface area contributed by atoms with Crippen molar-refractivity contribution in [3.63, 3.8) is 0 Å². The number of rotatable bonds is 7. The molecule has 1 saturated carbocycles. The number of H-pyrrole nitrogens is 1. The summed E-state index contributed by atoms with van der Waals surface area (Å²) in [4.78, 5) is 38.1. The Morgan fingerprint density at radius 1 is 1.23 bits per heavy atom. The first-order valence-corrected chi connectivity index (χ1v) is 14.9. The molecule has 12 heteroatoms. The van der Waals surface area contributed by atoms with Gasteiger partial charge in [-0.15, -0.1) is 0 Å². The van der Waals surface area contributed by atoms with Crippen molar-refractivity contribution in [2.24, 2.45) is 13.0 Å². The zero-order valence-electron chi connectivity index (χ0n) is 22.7. The SMILES string of the molecule is CSNC(=O)c1nc(Cl)ccc1NC(C)c1cc(C)cc2c(=O)n(C)c(N3CC4CC(c5ccn[nH]5)C3C4)nc12. The van der Waals surface area contributed by atoms with Crippen LogP contribution in [0.4, 0.5) is 11.6 Å². The predicted octanol–water partition coefficient (Wildman–Crippen LogP) is 4.58. The average Bonchev–Trinajstić information content (AvgIpc) is 3.69. The van der Waals surface area contributed by atoms with E-state index in [0.29, 0.717) is 34.4 Å². The highest BCUT2D eigenvalue weighted by Crippen LogP contribution is 2.47. The summed E-state index contributed by atoms with van der Waals surface area (Å²) in [6.45, 7) is 4.84. The first kappa shape index (κ1) is 26.6. The monoisotopic (exact) mass is 578 g/mol. The Morgan fingerprint density at radius 2 is 2.05 bits per heavy atom. The van der Waals surface area contributed by atoms with Gasteiger partial charge in [0.2, 0.25) is 5.95 Å². The Bertz CT molecular complexity index is 1660. The first-order chi connectivity index (χ1) is 19.2. The van der Waals surface area contributed by atoms with Gasteiger partial charge >= 0.3 is 0 Å². The molecule has 2 bridgehead atoms. The van der Waals surface area contributed by atoms with Crippen LogP contribution < -0.4 is 20.5 Å². The van der Waals surface area contributed by atoms with Gasteiger partial charge in [0, 0.05) is 49.3 Å². The summed E-state index contributed by atoms with van der Waals surface area (Å²) in [5, 5.41) is 11.5. The maximum atomic E-state index is 13.7. The van der Waals surface area contributed by atoms with Crippen molar-refractivity contribution in [1.82, 2.24) is 29.5 Å². The fourth-order valence-corrected chi connectivity index (χ4v) is 6.80. The summed E-state index contributed by atoms with van der Waals surface area (Å²) in [5.41, 5.74) is 4.28. The second-order valence-electron chi connectivity index (χ2n) is 10.7. The zero-order chi connectivity index (χ0) is 28.1. The van der Waals surface area contributed by atoms with Crippen LogP contribution in [0.25, 0.3) is 10.9 Å². The summed E-state index contributed by atoms with van der Waals surface area (Å²) in [6.07, 6.45) is 5.74. The fraction of sp³-hybridized carbons (Fsp3) is 0.393. The van der Waals surface area contributed by atoms with E-state index in [1.807, 2.05) is 32.0 Å². The molecule has 1 amide bonds. The molecule has 6 rings (SSSR count). The number of benzene rings is 1. The number of nitrogens with one attached hydrogen (secondary N) is 3. The molecule has 4 heterocycles. The van der Waals surface area contributed by atoms with Crippen LogP contribution in [-0.2, 0) is 7.05 Å². The van der Waals surface area contributed by atoms with Gasteiger partial charge in [-0.25, -0.2) is 9.97 Å². The molecule has 4 aromatic rings. The molecule has 3 N–H and O–H groups in total. The molecule has 3 aromatic heterocycles. The number of fused-ring (bicyclic) bond motifs is 3. The van der Waals surface area contributed by atoms with Crippen LogP contribution in [0.5, 0.6) is 0 Å². The van der Waals surface area contributed by atoms with E-state index >= 15 is 0 Å². The Hall–Kier alpha value is -3.57. The minimum Gasteiger partial charge on any atom is -0.377 e. The Labute approximate surface area is 241 Å². The first-order valence-electron chi connectivity index (χ1n) is 13.3. The summed E-state index contributed by atoms with van der Waals surface area (Å²) < 4.78 is 4.39.